The number of nitrogens with one attached hydrogen (secondary N) is 1. The van der Waals surface area contributed by atoms with Crippen molar-refractivity contribution in [2.24, 2.45) is 0 Å². The van der Waals surface area contributed by atoms with E-state index in [1.165, 1.54) is 18.4 Å². The van der Waals surface area contributed by atoms with Gasteiger partial charge in [-0.25, -0.2) is 4.98 Å². The van der Waals surface area contributed by atoms with Crippen molar-refractivity contribution in [3.8, 4) is 11.3 Å². The molecule has 0 aliphatic heterocycles. The fourth-order valence-electron chi connectivity index (χ4n) is 3.22. The number of hydrogen-bond donors (Lipinski definition) is 1. The van der Waals surface area contributed by atoms with E-state index in [4.69, 9.17) is 4.74 Å². The molecule has 7 heteroatoms. The fraction of sp³-hybridized carbons (Fsp3) is 0.318. The molecule has 2 heterocycles. The maximum absolute atomic E-state index is 12.2. The molecule has 2 aromatic heterocycles. The van der Waals surface area contributed by atoms with Crippen LogP contribution in [0.2, 0.25) is 0 Å². The van der Waals surface area contributed by atoms with Crippen molar-refractivity contribution in [2.75, 3.05) is 7.11 Å². The summed E-state index contributed by atoms with van der Waals surface area (Å²) in [5.41, 5.74) is 5.08. The first-order chi connectivity index (χ1) is 14.0. The van der Waals surface area contributed by atoms with Gasteiger partial charge in [0.25, 0.3) is 0 Å². The van der Waals surface area contributed by atoms with Crippen LogP contribution in [0.3, 0.4) is 0 Å². The lowest BCUT2D eigenvalue weighted by molar-refractivity contribution is -0.140. The second kappa shape index (κ2) is 9.52. The van der Waals surface area contributed by atoms with E-state index in [1.54, 1.807) is 0 Å². The molecular weight excluding hydrogens is 386 g/mol. The van der Waals surface area contributed by atoms with Gasteiger partial charge in [0.1, 0.15) is 5.01 Å². The predicted molar refractivity (Wildman–Crippen MR) is 114 cm³/mol. The molecule has 1 amide bonds. The van der Waals surface area contributed by atoms with Crippen LogP contribution < -0.4 is 5.32 Å². The molecule has 0 saturated heterocycles. The molecular formula is C22H25N3O3S. The number of thiazole rings is 1. The van der Waals surface area contributed by atoms with Gasteiger partial charge in [0, 0.05) is 35.4 Å². The van der Waals surface area contributed by atoms with Crippen LogP contribution >= 0.6 is 11.3 Å². The maximum atomic E-state index is 12.2. The number of carbonyl (C=O) groups excluding carboxylic acids is 2. The second-order valence-electron chi connectivity index (χ2n) is 6.83. The van der Waals surface area contributed by atoms with Crippen LogP contribution in [-0.2, 0) is 33.8 Å². The average Bonchev–Trinajstić information content (AvgIpc) is 3.29. The van der Waals surface area contributed by atoms with Gasteiger partial charge < -0.3 is 14.6 Å². The first-order valence-corrected chi connectivity index (χ1v) is 10.3. The Kier molecular flexibility index (Phi) is 6.82. The van der Waals surface area contributed by atoms with Crippen LogP contribution in [-0.4, -0.2) is 28.5 Å². The molecule has 0 aliphatic carbocycles. The van der Waals surface area contributed by atoms with Gasteiger partial charge in [0.15, 0.2) is 0 Å². The summed E-state index contributed by atoms with van der Waals surface area (Å²) in [6, 6.07) is 11.9. The van der Waals surface area contributed by atoms with Gasteiger partial charge in [-0.1, -0.05) is 30.3 Å². The molecule has 152 valence electrons. The van der Waals surface area contributed by atoms with Crippen LogP contribution in [0.15, 0.2) is 41.8 Å². The lowest BCUT2D eigenvalue weighted by atomic mass is 10.2. The van der Waals surface area contributed by atoms with E-state index in [-0.39, 0.29) is 18.3 Å². The van der Waals surface area contributed by atoms with Crippen molar-refractivity contribution in [1.82, 2.24) is 14.9 Å². The molecule has 6 nitrogen and oxygen atoms in total. The summed E-state index contributed by atoms with van der Waals surface area (Å²) in [4.78, 5) is 28.3. The molecule has 3 rings (SSSR count). The van der Waals surface area contributed by atoms with E-state index in [1.807, 2.05) is 49.6 Å². The molecule has 0 atom stereocenters. The Balaban J connectivity index is 1.63. The van der Waals surface area contributed by atoms with Crippen molar-refractivity contribution in [3.63, 3.8) is 0 Å². The molecule has 29 heavy (non-hydrogen) atoms. The Morgan fingerprint density at radius 3 is 2.69 bits per heavy atom. The summed E-state index contributed by atoms with van der Waals surface area (Å²) in [7, 11) is 1.40. The number of hydrogen-bond acceptors (Lipinski definition) is 5. The van der Waals surface area contributed by atoms with E-state index >= 15 is 0 Å². The average molecular weight is 412 g/mol. The molecule has 0 aliphatic rings. The number of aromatic nitrogens is 2. The standard InChI is InChI=1S/C22H25N3O3S/c1-15-11-18(16(2)25(15)10-9-22(27)28-3)19-14-29-21(24-19)12-20(26)23-13-17-7-5-4-6-8-17/h4-8,11,14H,9-10,12-13H2,1-3H3,(H,23,26). The minimum Gasteiger partial charge on any atom is -0.469 e. The largest absolute Gasteiger partial charge is 0.469 e. The lowest BCUT2D eigenvalue weighted by Crippen LogP contribution is -2.24. The summed E-state index contributed by atoms with van der Waals surface area (Å²) in [5, 5.41) is 5.69. The smallest absolute Gasteiger partial charge is 0.307 e. The predicted octanol–water partition coefficient (Wildman–Crippen LogP) is 3.65. The monoisotopic (exact) mass is 411 g/mol. The highest BCUT2D eigenvalue weighted by molar-refractivity contribution is 7.10. The molecule has 0 spiro atoms. The Labute approximate surface area is 174 Å². The molecule has 0 unspecified atom stereocenters. The quantitative estimate of drug-likeness (QED) is 0.574. The van der Waals surface area contributed by atoms with Crippen molar-refractivity contribution in [3.05, 3.63) is 63.7 Å². The molecule has 0 fully saturated rings. The zero-order chi connectivity index (χ0) is 20.8. The van der Waals surface area contributed by atoms with Crippen molar-refractivity contribution >= 4 is 23.2 Å². The van der Waals surface area contributed by atoms with Crippen LogP contribution in [0, 0.1) is 13.8 Å². The highest BCUT2D eigenvalue weighted by Gasteiger charge is 2.15. The number of rotatable bonds is 8. The van der Waals surface area contributed by atoms with Crippen LogP contribution in [0.25, 0.3) is 11.3 Å². The fourth-order valence-corrected chi connectivity index (χ4v) is 4.01. The molecule has 1 aromatic carbocycles. The number of carbonyl (C=O) groups is 2. The highest BCUT2D eigenvalue weighted by atomic mass is 32.1. The zero-order valence-electron chi connectivity index (χ0n) is 16.9. The van der Waals surface area contributed by atoms with E-state index in [2.05, 4.69) is 20.9 Å². The van der Waals surface area contributed by atoms with Gasteiger partial charge in [-0.3, -0.25) is 9.59 Å². The van der Waals surface area contributed by atoms with Crippen LogP contribution in [0.1, 0.15) is 28.4 Å². The van der Waals surface area contributed by atoms with Gasteiger partial charge in [-0.15, -0.1) is 11.3 Å². The third-order valence-corrected chi connectivity index (χ3v) is 5.66. The van der Waals surface area contributed by atoms with Crippen molar-refractivity contribution < 1.29 is 14.3 Å². The van der Waals surface area contributed by atoms with Crippen molar-refractivity contribution in [2.45, 2.75) is 39.8 Å². The summed E-state index contributed by atoms with van der Waals surface area (Å²) < 4.78 is 6.83. The van der Waals surface area contributed by atoms with E-state index in [9.17, 15) is 9.59 Å². The number of amides is 1. The van der Waals surface area contributed by atoms with Crippen molar-refractivity contribution in [1.29, 1.82) is 0 Å². The first kappa shape index (κ1) is 20.8. The Hall–Kier alpha value is -2.93. The molecule has 0 saturated carbocycles. The molecule has 0 radical (unpaired) electrons. The number of ether oxygens (including phenoxy) is 1. The Morgan fingerprint density at radius 1 is 1.21 bits per heavy atom. The third kappa shape index (κ3) is 5.32. The number of benzene rings is 1. The summed E-state index contributed by atoms with van der Waals surface area (Å²) in [5.74, 6) is -0.269. The topological polar surface area (TPSA) is 73.2 Å². The summed E-state index contributed by atoms with van der Waals surface area (Å²) >= 11 is 1.48. The third-order valence-electron chi connectivity index (χ3n) is 4.81. The summed E-state index contributed by atoms with van der Waals surface area (Å²) in [6.45, 7) is 5.12. The lowest BCUT2D eigenvalue weighted by Gasteiger charge is -2.08. The minimum absolute atomic E-state index is 0.0432. The SMILES string of the molecule is COC(=O)CCn1c(C)cc(-c2csc(CC(=O)NCc3ccccc3)n2)c1C. The zero-order valence-corrected chi connectivity index (χ0v) is 17.7. The number of methoxy groups -OCH3 is 1. The van der Waals surface area contributed by atoms with E-state index in [0.29, 0.717) is 19.5 Å². The van der Waals surface area contributed by atoms with Gasteiger partial charge in [-0.2, -0.15) is 0 Å². The molecule has 1 N–H and O–H groups in total. The highest BCUT2D eigenvalue weighted by Crippen LogP contribution is 2.28. The first-order valence-electron chi connectivity index (χ1n) is 9.47. The Bertz CT molecular complexity index is 992. The van der Waals surface area contributed by atoms with E-state index < -0.39 is 0 Å². The van der Waals surface area contributed by atoms with E-state index in [0.717, 1.165) is 33.2 Å². The van der Waals surface area contributed by atoms with Gasteiger partial charge in [-0.05, 0) is 25.5 Å². The second-order valence-corrected chi connectivity index (χ2v) is 7.77. The normalized spacial score (nSPS) is 10.7. The van der Waals surface area contributed by atoms with Gasteiger partial charge in [0.05, 0.1) is 25.6 Å². The maximum Gasteiger partial charge on any atom is 0.307 e. The Morgan fingerprint density at radius 2 is 1.97 bits per heavy atom. The van der Waals surface area contributed by atoms with Crippen LogP contribution in [0.4, 0.5) is 0 Å². The summed E-state index contributed by atoms with van der Waals surface area (Å²) in [6.07, 6.45) is 0.592. The van der Waals surface area contributed by atoms with Crippen LogP contribution in [0.5, 0.6) is 0 Å². The number of nitrogens with zero attached hydrogens (tertiary/aromatic N) is 2. The van der Waals surface area contributed by atoms with Gasteiger partial charge >= 0.3 is 5.97 Å². The molecule has 3 aromatic rings. The van der Waals surface area contributed by atoms with Gasteiger partial charge in [0.2, 0.25) is 5.91 Å². The minimum atomic E-state index is -0.225. The molecule has 0 bridgehead atoms. The number of esters is 1. The number of aryl methyl sites for hydroxylation is 1.